The Balaban J connectivity index is 1.26. The quantitative estimate of drug-likeness (QED) is 0.878. The standard InChI is InChI=1S/C19H27N3O3/c1-13-10-15(13)18(24)22-11-19(12-22)14(6-9-25-19)5-7-20-17(23)16-4-3-8-21(16)2/h3-4,8,13-15H,5-7,9-12H2,1-2H3,(H,20,23)/t13-,14-,15-/m1/s1. The lowest BCUT2D eigenvalue weighted by Crippen LogP contribution is -2.66. The van der Waals surface area contributed by atoms with Crippen LogP contribution >= 0.6 is 0 Å². The SMILES string of the molecule is C[C@@H]1C[C@H]1C(=O)N1CC2(C1)OCC[C@H]2CCNC(=O)c1cccn1C. The number of rotatable bonds is 5. The third-order valence-corrected chi connectivity index (χ3v) is 6.21. The van der Waals surface area contributed by atoms with Crippen LogP contribution in [0.5, 0.6) is 0 Å². The molecule has 2 amide bonds. The fraction of sp³-hybridized carbons (Fsp3) is 0.684. The van der Waals surface area contributed by atoms with Gasteiger partial charge in [0.15, 0.2) is 0 Å². The third kappa shape index (κ3) is 2.97. The number of hydrogen-bond donors (Lipinski definition) is 1. The largest absolute Gasteiger partial charge is 0.371 e. The first-order valence-corrected chi connectivity index (χ1v) is 9.32. The Bertz CT molecular complexity index is 677. The van der Waals surface area contributed by atoms with Crippen LogP contribution in [0, 0.1) is 17.8 Å². The molecule has 3 heterocycles. The van der Waals surface area contributed by atoms with Crippen LogP contribution in [-0.4, -0.2) is 53.1 Å². The van der Waals surface area contributed by atoms with E-state index >= 15 is 0 Å². The minimum absolute atomic E-state index is 0.0337. The molecule has 1 saturated carbocycles. The average Bonchev–Trinajstić information content (AvgIpc) is 2.95. The van der Waals surface area contributed by atoms with Crippen molar-refractivity contribution in [1.29, 1.82) is 0 Å². The van der Waals surface area contributed by atoms with Gasteiger partial charge in [-0.15, -0.1) is 0 Å². The summed E-state index contributed by atoms with van der Waals surface area (Å²) in [7, 11) is 1.87. The molecule has 3 aliphatic rings. The molecule has 1 aliphatic carbocycles. The van der Waals surface area contributed by atoms with E-state index in [1.165, 1.54) is 0 Å². The van der Waals surface area contributed by atoms with E-state index in [2.05, 4.69) is 12.2 Å². The number of aryl methyl sites for hydroxylation is 1. The van der Waals surface area contributed by atoms with Gasteiger partial charge in [0.05, 0.1) is 13.1 Å². The number of likely N-dealkylation sites (tertiary alicyclic amines) is 1. The molecule has 0 bridgehead atoms. The van der Waals surface area contributed by atoms with Crippen LogP contribution in [0.4, 0.5) is 0 Å². The smallest absolute Gasteiger partial charge is 0.267 e. The predicted octanol–water partition coefficient (Wildman–Crippen LogP) is 1.42. The van der Waals surface area contributed by atoms with E-state index in [1.54, 1.807) is 0 Å². The van der Waals surface area contributed by atoms with Crippen molar-refractivity contribution < 1.29 is 14.3 Å². The second kappa shape index (κ2) is 6.16. The number of nitrogens with one attached hydrogen (secondary N) is 1. The van der Waals surface area contributed by atoms with E-state index in [9.17, 15) is 9.59 Å². The number of nitrogens with zero attached hydrogens (tertiary/aromatic N) is 2. The molecule has 1 N–H and O–H groups in total. The van der Waals surface area contributed by atoms with Crippen molar-refractivity contribution in [1.82, 2.24) is 14.8 Å². The zero-order valence-corrected chi connectivity index (χ0v) is 15.0. The zero-order chi connectivity index (χ0) is 17.6. The highest BCUT2D eigenvalue weighted by Gasteiger charge is 2.56. The topological polar surface area (TPSA) is 63.6 Å². The molecule has 4 rings (SSSR count). The van der Waals surface area contributed by atoms with Crippen LogP contribution in [0.1, 0.15) is 36.7 Å². The Morgan fingerprint density at radius 1 is 1.40 bits per heavy atom. The Morgan fingerprint density at radius 3 is 2.80 bits per heavy atom. The molecule has 6 heteroatoms. The lowest BCUT2D eigenvalue weighted by molar-refractivity contribution is -0.166. The van der Waals surface area contributed by atoms with E-state index in [-0.39, 0.29) is 17.4 Å². The molecule has 1 aromatic rings. The highest BCUT2D eigenvalue weighted by Crippen LogP contribution is 2.45. The maximum atomic E-state index is 12.3. The van der Waals surface area contributed by atoms with Crippen LogP contribution in [-0.2, 0) is 16.6 Å². The van der Waals surface area contributed by atoms with Crippen LogP contribution < -0.4 is 5.32 Å². The first-order valence-electron chi connectivity index (χ1n) is 9.32. The minimum atomic E-state index is -0.163. The van der Waals surface area contributed by atoms with Crippen molar-refractivity contribution >= 4 is 11.8 Å². The summed E-state index contributed by atoms with van der Waals surface area (Å²) in [6, 6.07) is 3.69. The van der Waals surface area contributed by atoms with Crippen LogP contribution in [0.15, 0.2) is 18.3 Å². The Labute approximate surface area is 148 Å². The van der Waals surface area contributed by atoms with Crippen LogP contribution in [0.3, 0.4) is 0 Å². The molecule has 136 valence electrons. The van der Waals surface area contributed by atoms with Crippen LogP contribution in [0.25, 0.3) is 0 Å². The molecule has 0 unspecified atom stereocenters. The van der Waals surface area contributed by atoms with Crippen molar-refractivity contribution in [3.05, 3.63) is 24.0 Å². The van der Waals surface area contributed by atoms with Gasteiger partial charge < -0.3 is 19.5 Å². The maximum Gasteiger partial charge on any atom is 0.267 e. The molecule has 1 aromatic heterocycles. The highest BCUT2D eigenvalue weighted by molar-refractivity contribution is 5.92. The number of carbonyl (C=O) groups is 2. The third-order valence-electron chi connectivity index (χ3n) is 6.21. The van der Waals surface area contributed by atoms with Crippen molar-refractivity contribution in [3.8, 4) is 0 Å². The average molecular weight is 345 g/mol. The number of hydrogen-bond acceptors (Lipinski definition) is 3. The fourth-order valence-electron chi connectivity index (χ4n) is 4.35. The maximum absolute atomic E-state index is 12.3. The molecule has 3 fully saturated rings. The molecule has 2 saturated heterocycles. The summed E-state index contributed by atoms with van der Waals surface area (Å²) in [4.78, 5) is 26.5. The summed E-state index contributed by atoms with van der Waals surface area (Å²) in [5, 5.41) is 3.01. The summed E-state index contributed by atoms with van der Waals surface area (Å²) in [5.41, 5.74) is 0.514. The number of amides is 2. The first kappa shape index (κ1) is 16.6. The van der Waals surface area contributed by atoms with E-state index in [0.717, 1.165) is 39.0 Å². The van der Waals surface area contributed by atoms with Gasteiger partial charge in [-0.05, 0) is 43.2 Å². The van der Waals surface area contributed by atoms with Crippen molar-refractivity contribution in [2.24, 2.45) is 24.8 Å². The lowest BCUT2D eigenvalue weighted by Gasteiger charge is -2.50. The summed E-state index contributed by atoms with van der Waals surface area (Å²) >= 11 is 0. The Kier molecular flexibility index (Phi) is 4.10. The van der Waals surface area contributed by atoms with Crippen molar-refractivity contribution in [2.45, 2.75) is 31.8 Å². The molecular weight excluding hydrogens is 318 g/mol. The van der Waals surface area contributed by atoms with Gasteiger partial charge in [0.2, 0.25) is 5.91 Å². The molecule has 25 heavy (non-hydrogen) atoms. The first-order chi connectivity index (χ1) is 12.0. The number of aromatic nitrogens is 1. The van der Waals surface area contributed by atoms with Gasteiger partial charge in [0.1, 0.15) is 11.3 Å². The Morgan fingerprint density at radius 2 is 2.16 bits per heavy atom. The normalized spacial score (nSPS) is 29.5. The monoisotopic (exact) mass is 345 g/mol. The minimum Gasteiger partial charge on any atom is -0.371 e. The van der Waals surface area contributed by atoms with Gasteiger partial charge in [-0.3, -0.25) is 9.59 Å². The van der Waals surface area contributed by atoms with Gasteiger partial charge in [0, 0.05) is 32.3 Å². The number of ether oxygens (including phenoxy) is 1. The van der Waals surface area contributed by atoms with Crippen molar-refractivity contribution in [2.75, 3.05) is 26.2 Å². The molecule has 6 nitrogen and oxygen atoms in total. The second-order valence-corrected chi connectivity index (χ2v) is 7.96. The van der Waals surface area contributed by atoms with Crippen molar-refractivity contribution in [3.63, 3.8) is 0 Å². The van der Waals surface area contributed by atoms with E-state index in [0.29, 0.717) is 30.0 Å². The Hall–Kier alpha value is -1.82. The van der Waals surface area contributed by atoms with E-state index < -0.39 is 0 Å². The van der Waals surface area contributed by atoms with Gasteiger partial charge in [-0.1, -0.05) is 6.92 Å². The fourth-order valence-corrected chi connectivity index (χ4v) is 4.35. The predicted molar refractivity (Wildman–Crippen MR) is 93.0 cm³/mol. The molecule has 0 aromatic carbocycles. The second-order valence-electron chi connectivity index (χ2n) is 7.96. The zero-order valence-electron chi connectivity index (χ0n) is 15.0. The molecular formula is C19H27N3O3. The molecule has 2 aliphatic heterocycles. The molecule has 3 atom stereocenters. The molecule has 0 radical (unpaired) electrons. The summed E-state index contributed by atoms with van der Waals surface area (Å²) in [6.45, 7) is 5.01. The summed E-state index contributed by atoms with van der Waals surface area (Å²) < 4.78 is 7.86. The van der Waals surface area contributed by atoms with Crippen LogP contribution in [0.2, 0.25) is 0 Å². The van der Waals surface area contributed by atoms with Gasteiger partial charge >= 0.3 is 0 Å². The molecule has 1 spiro atoms. The van der Waals surface area contributed by atoms with Gasteiger partial charge in [0.25, 0.3) is 5.91 Å². The highest BCUT2D eigenvalue weighted by atomic mass is 16.5. The van der Waals surface area contributed by atoms with E-state index in [1.807, 2.05) is 34.8 Å². The van der Waals surface area contributed by atoms with Gasteiger partial charge in [-0.2, -0.15) is 0 Å². The summed E-state index contributed by atoms with van der Waals surface area (Å²) in [6.07, 6.45) is 4.83. The van der Waals surface area contributed by atoms with Gasteiger partial charge in [-0.25, -0.2) is 0 Å². The van der Waals surface area contributed by atoms with E-state index in [4.69, 9.17) is 4.74 Å². The number of carbonyl (C=O) groups excluding carboxylic acids is 2. The summed E-state index contributed by atoms with van der Waals surface area (Å²) in [5.74, 6) is 1.50. The lowest BCUT2D eigenvalue weighted by atomic mass is 9.78.